The fourth-order valence-corrected chi connectivity index (χ4v) is 3.79. The van der Waals surface area contributed by atoms with Crippen molar-refractivity contribution in [2.75, 3.05) is 4.90 Å². The number of hydrogen-bond acceptors (Lipinski definition) is 2. The topological polar surface area (TPSA) is 37.4 Å². The first-order valence-electron chi connectivity index (χ1n) is 8.58. The van der Waals surface area contributed by atoms with Crippen molar-refractivity contribution in [1.82, 2.24) is 0 Å². The van der Waals surface area contributed by atoms with Gasteiger partial charge in [-0.15, -0.1) is 0 Å². The van der Waals surface area contributed by atoms with Gasteiger partial charge in [0.25, 0.3) is 11.8 Å². The summed E-state index contributed by atoms with van der Waals surface area (Å²) < 4.78 is 0. The molecule has 0 saturated heterocycles. The first-order chi connectivity index (χ1) is 12.2. The molecule has 0 saturated carbocycles. The molecule has 124 valence electrons. The Kier molecular flexibility index (Phi) is 3.85. The third-order valence-corrected chi connectivity index (χ3v) is 4.96. The molecule has 25 heavy (non-hydrogen) atoms. The van der Waals surface area contributed by atoms with Crippen molar-refractivity contribution >= 4 is 23.6 Å². The van der Waals surface area contributed by atoms with Crippen LogP contribution in [0.2, 0.25) is 0 Å². The molecule has 3 nitrogen and oxygen atoms in total. The highest BCUT2D eigenvalue weighted by Gasteiger charge is 2.47. The number of anilines is 1. The zero-order valence-electron chi connectivity index (χ0n) is 14.1. The highest BCUT2D eigenvalue weighted by molar-refractivity contribution is 6.33. The van der Waals surface area contributed by atoms with Crippen LogP contribution in [0.5, 0.6) is 0 Å². The maximum atomic E-state index is 13.0. The lowest BCUT2D eigenvalue weighted by Crippen LogP contribution is -2.34. The second-order valence-corrected chi connectivity index (χ2v) is 6.62. The summed E-state index contributed by atoms with van der Waals surface area (Å²) in [5.74, 6) is -0.228. The molecule has 4 rings (SSSR count). The number of carbonyl (C=O) groups is 2. The Morgan fingerprint density at radius 3 is 2.16 bits per heavy atom. The van der Waals surface area contributed by atoms with Crippen molar-refractivity contribution in [3.05, 3.63) is 83.4 Å². The van der Waals surface area contributed by atoms with Gasteiger partial charge < -0.3 is 0 Å². The number of imide groups is 1. The van der Waals surface area contributed by atoms with Crippen LogP contribution in [0.25, 0.3) is 6.08 Å². The largest absolute Gasteiger partial charge is 0.269 e. The second-order valence-electron chi connectivity index (χ2n) is 6.62. The predicted octanol–water partition coefficient (Wildman–Crippen LogP) is 4.23. The van der Waals surface area contributed by atoms with E-state index < -0.39 is 0 Å². The fourth-order valence-electron chi connectivity index (χ4n) is 3.79. The molecule has 0 bridgehead atoms. The van der Waals surface area contributed by atoms with Crippen LogP contribution in [-0.4, -0.2) is 11.8 Å². The maximum absolute atomic E-state index is 13.0. The van der Waals surface area contributed by atoms with E-state index >= 15 is 0 Å². The molecular weight excluding hydrogens is 310 g/mol. The Hall–Kier alpha value is -2.94. The second kappa shape index (κ2) is 6.17. The minimum atomic E-state index is -0.168. The number of carbonyl (C=O) groups excluding carboxylic acids is 2. The first kappa shape index (κ1) is 15.6. The van der Waals surface area contributed by atoms with Crippen molar-refractivity contribution in [2.45, 2.75) is 13.3 Å². The molecule has 2 aromatic rings. The van der Waals surface area contributed by atoms with E-state index in [2.05, 4.69) is 6.08 Å². The van der Waals surface area contributed by atoms with Crippen LogP contribution in [0.3, 0.4) is 0 Å². The molecule has 2 atom stereocenters. The zero-order chi connectivity index (χ0) is 17.4. The molecule has 1 aliphatic carbocycles. The summed E-state index contributed by atoms with van der Waals surface area (Å²) in [4.78, 5) is 27.2. The molecule has 2 unspecified atom stereocenters. The zero-order valence-corrected chi connectivity index (χ0v) is 14.1. The molecule has 1 heterocycles. The Morgan fingerprint density at radius 1 is 0.880 bits per heavy atom. The molecule has 0 spiro atoms. The fraction of sp³-hybridized carbons (Fsp3) is 0.182. The highest BCUT2D eigenvalue weighted by Crippen LogP contribution is 2.44. The van der Waals surface area contributed by atoms with E-state index in [4.69, 9.17) is 0 Å². The Bertz CT molecular complexity index is 881. The van der Waals surface area contributed by atoms with Gasteiger partial charge in [-0.3, -0.25) is 9.59 Å². The molecule has 0 fully saturated rings. The number of benzene rings is 2. The van der Waals surface area contributed by atoms with Gasteiger partial charge in [-0.25, -0.2) is 4.90 Å². The smallest absolute Gasteiger partial charge is 0.262 e. The normalized spacial score (nSPS) is 23.0. The van der Waals surface area contributed by atoms with Crippen molar-refractivity contribution in [2.24, 2.45) is 11.8 Å². The summed E-state index contributed by atoms with van der Waals surface area (Å²) >= 11 is 0. The lowest BCUT2D eigenvalue weighted by Gasteiger charge is -2.19. The van der Waals surface area contributed by atoms with Gasteiger partial charge in [0.15, 0.2) is 0 Å². The monoisotopic (exact) mass is 329 g/mol. The summed E-state index contributed by atoms with van der Waals surface area (Å²) in [5.41, 5.74) is 3.11. The Morgan fingerprint density at radius 2 is 1.48 bits per heavy atom. The van der Waals surface area contributed by atoms with Gasteiger partial charge in [-0.1, -0.05) is 67.6 Å². The van der Waals surface area contributed by atoms with E-state index in [-0.39, 0.29) is 23.7 Å². The number of nitrogens with zero attached hydrogens (tertiary/aromatic N) is 1. The van der Waals surface area contributed by atoms with Gasteiger partial charge >= 0.3 is 0 Å². The molecule has 2 amide bonds. The molecule has 2 aromatic carbocycles. The third kappa shape index (κ3) is 2.62. The van der Waals surface area contributed by atoms with Crippen molar-refractivity contribution in [1.29, 1.82) is 0 Å². The number of para-hydroxylation sites is 1. The van der Waals surface area contributed by atoms with Crippen LogP contribution in [0, 0.1) is 11.8 Å². The number of hydrogen-bond donors (Lipinski definition) is 0. The first-order valence-corrected chi connectivity index (χ1v) is 8.58. The Balaban J connectivity index is 1.66. The van der Waals surface area contributed by atoms with Gasteiger partial charge in [0.05, 0.1) is 5.69 Å². The molecule has 1 aliphatic heterocycles. The van der Waals surface area contributed by atoms with Crippen molar-refractivity contribution < 1.29 is 9.59 Å². The summed E-state index contributed by atoms with van der Waals surface area (Å²) in [5, 5.41) is 0. The standard InChI is InChI=1S/C22H19NO2/c1-15-14-17(13-12-16-8-4-2-5-9-16)20-19(15)21(24)23(22(20)25)18-10-6-3-7-11-18/h2-13,15,17H,14H2,1H3/b13-12+. The molecule has 0 radical (unpaired) electrons. The van der Waals surface area contributed by atoms with Gasteiger partial charge in [0, 0.05) is 17.1 Å². The SMILES string of the molecule is CC1CC(/C=C/c2ccccc2)C2=C1C(=O)N(c1ccccc1)C2=O. The van der Waals surface area contributed by atoms with Crippen molar-refractivity contribution in [3.63, 3.8) is 0 Å². The predicted molar refractivity (Wildman–Crippen MR) is 98.7 cm³/mol. The van der Waals surface area contributed by atoms with Crippen LogP contribution in [-0.2, 0) is 9.59 Å². The third-order valence-electron chi connectivity index (χ3n) is 4.96. The average molecular weight is 329 g/mol. The van der Waals surface area contributed by atoms with Gasteiger partial charge in [0.1, 0.15) is 0 Å². The minimum absolute atomic E-state index is 0.00429. The van der Waals surface area contributed by atoms with E-state index in [1.165, 1.54) is 4.90 Å². The van der Waals surface area contributed by atoms with Crippen LogP contribution in [0.1, 0.15) is 18.9 Å². The van der Waals surface area contributed by atoms with Gasteiger partial charge in [0.2, 0.25) is 0 Å². The molecule has 0 N–H and O–H groups in total. The lowest BCUT2D eigenvalue weighted by molar-refractivity contribution is -0.121. The van der Waals surface area contributed by atoms with Crippen LogP contribution in [0.4, 0.5) is 5.69 Å². The average Bonchev–Trinajstić information content (AvgIpc) is 3.11. The molecule has 3 heteroatoms. The van der Waals surface area contributed by atoms with Gasteiger partial charge in [-0.05, 0) is 30.0 Å². The van der Waals surface area contributed by atoms with Crippen LogP contribution in [0.15, 0.2) is 77.9 Å². The van der Waals surface area contributed by atoms with Crippen molar-refractivity contribution in [3.8, 4) is 0 Å². The van der Waals surface area contributed by atoms with Gasteiger partial charge in [-0.2, -0.15) is 0 Å². The van der Waals surface area contributed by atoms with Crippen LogP contribution >= 0.6 is 0 Å². The summed E-state index contributed by atoms with van der Waals surface area (Å²) in [6.45, 7) is 2.03. The lowest BCUT2D eigenvalue weighted by atomic mass is 9.97. The minimum Gasteiger partial charge on any atom is -0.269 e. The summed E-state index contributed by atoms with van der Waals surface area (Å²) in [7, 11) is 0. The number of amides is 2. The van der Waals surface area contributed by atoms with E-state index in [1.807, 2.05) is 61.5 Å². The quantitative estimate of drug-likeness (QED) is 0.791. The number of allylic oxidation sites excluding steroid dienone is 1. The van der Waals surface area contributed by atoms with Crippen LogP contribution < -0.4 is 4.90 Å². The highest BCUT2D eigenvalue weighted by atomic mass is 16.2. The molecule has 0 aromatic heterocycles. The molecule has 2 aliphatic rings. The maximum Gasteiger partial charge on any atom is 0.262 e. The van der Waals surface area contributed by atoms with E-state index in [0.29, 0.717) is 16.8 Å². The van der Waals surface area contributed by atoms with E-state index in [0.717, 1.165) is 12.0 Å². The Labute approximate surface area is 147 Å². The summed E-state index contributed by atoms with van der Waals surface area (Å²) in [6, 6.07) is 19.2. The number of rotatable bonds is 3. The van der Waals surface area contributed by atoms with E-state index in [9.17, 15) is 9.59 Å². The van der Waals surface area contributed by atoms with E-state index in [1.54, 1.807) is 12.1 Å². The summed E-state index contributed by atoms with van der Waals surface area (Å²) in [6.07, 6.45) is 4.91. The molecular formula is C22H19NO2.